The van der Waals surface area contributed by atoms with Gasteiger partial charge >= 0.3 is 0 Å². The Kier molecular flexibility index (Phi) is 3.96. The highest BCUT2D eigenvalue weighted by Crippen LogP contribution is 2.16. The van der Waals surface area contributed by atoms with E-state index in [1.54, 1.807) is 11.3 Å². The van der Waals surface area contributed by atoms with Crippen molar-refractivity contribution in [2.24, 2.45) is 5.92 Å². The monoisotopic (exact) mass is 238 g/mol. The number of rotatable bonds is 4. The standard InChI is InChI=1S/C12H18N2OS/c1-14(9-11-3-2-6-16-11)12(15)7-10-4-5-13-8-10/h2-3,6,10,13H,4-5,7-9H2,1H3. The van der Waals surface area contributed by atoms with Gasteiger partial charge in [0, 0.05) is 18.3 Å². The van der Waals surface area contributed by atoms with E-state index in [0.717, 1.165) is 26.1 Å². The van der Waals surface area contributed by atoms with Crippen LogP contribution in [-0.2, 0) is 11.3 Å². The molecule has 0 radical (unpaired) electrons. The van der Waals surface area contributed by atoms with E-state index in [1.807, 2.05) is 18.0 Å². The smallest absolute Gasteiger partial charge is 0.222 e. The van der Waals surface area contributed by atoms with Crippen LogP contribution in [0.2, 0.25) is 0 Å². The first-order valence-corrected chi connectivity index (χ1v) is 6.60. The molecule has 1 aliphatic heterocycles. The number of carbonyl (C=O) groups excluding carboxylic acids is 1. The van der Waals surface area contributed by atoms with Crippen molar-refractivity contribution in [2.75, 3.05) is 20.1 Å². The Labute approximate surface area is 100 Å². The summed E-state index contributed by atoms with van der Waals surface area (Å²) in [6, 6.07) is 4.10. The van der Waals surface area contributed by atoms with Crippen molar-refractivity contribution in [3.8, 4) is 0 Å². The average molecular weight is 238 g/mol. The van der Waals surface area contributed by atoms with Gasteiger partial charge in [-0.1, -0.05) is 6.07 Å². The molecule has 2 heterocycles. The number of nitrogens with zero attached hydrogens (tertiary/aromatic N) is 1. The highest BCUT2D eigenvalue weighted by atomic mass is 32.1. The van der Waals surface area contributed by atoms with E-state index in [2.05, 4.69) is 16.8 Å². The van der Waals surface area contributed by atoms with Crippen LogP contribution in [0.25, 0.3) is 0 Å². The van der Waals surface area contributed by atoms with E-state index in [0.29, 0.717) is 12.3 Å². The third-order valence-corrected chi connectivity index (χ3v) is 3.89. The zero-order chi connectivity index (χ0) is 11.4. The Hall–Kier alpha value is -0.870. The molecule has 1 aromatic rings. The minimum atomic E-state index is 0.266. The summed E-state index contributed by atoms with van der Waals surface area (Å²) in [5.74, 6) is 0.806. The fraction of sp³-hybridized carbons (Fsp3) is 0.583. The second kappa shape index (κ2) is 5.46. The molecule has 1 aromatic heterocycles. The largest absolute Gasteiger partial charge is 0.341 e. The van der Waals surface area contributed by atoms with Crippen LogP contribution in [0.15, 0.2) is 17.5 Å². The lowest BCUT2D eigenvalue weighted by Crippen LogP contribution is -2.28. The minimum Gasteiger partial charge on any atom is -0.341 e. The van der Waals surface area contributed by atoms with Gasteiger partial charge in [-0.25, -0.2) is 0 Å². The molecule has 0 bridgehead atoms. The second-order valence-corrected chi connectivity index (χ2v) is 5.42. The lowest BCUT2D eigenvalue weighted by Gasteiger charge is -2.18. The number of hydrogen-bond donors (Lipinski definition) is 1. The molecule has 0 spiro atoms. The molecule has 16 heavy (non-hydrogen) atoms. The SMILES string of the molecule is CN(Cc1cccs1)C(=O)CC1CCNC1. The van der Waals surface area contributed by atoms with Crippen molar-refractivity contribution in [3.05, 3.63) is 22.4 Å². The van der Waals surface area contributed by atoms with E-state index >= 15 is 0 Å². The Morgan fingerprint density at radius 3 is 3.19 bits per heavy atom. The normalized spacial score (nSPS) is 19.9. The number of carbonyl (C=O) groups is 1. The summed E-state index contributed by atoms with van der Waals surface area (Å²) in [5, 5.41) is 5.34. The molecule has 1 unspecified atom stereocenters. The first-order valence-electron chi connectivity index (χ1n) is 5.73. The van der Waals surface area contributed by atoms with Crippen LogP contribution in [-0.4, -0.2) is 30.9 Å². The molecule has 0 saturated carbocycles. The maximum absolute atomic E-state index is 11.9. The number of amides is 1. The summed E-state index contributed by atoms with van der Waals surface area (Å²) in [7, 11) is 1.89. The lowest BCUT2D eigenvalue weighted by atomic mass is 10.0. The van der Waals surface area contributed by atoms with Gasteiger partial charge in [0.25, 0.3) is 0 Å². The van der Waals surface area contributed by atoms with Crippen molar-refractivity contribution >= 4 is 17.2 Å². The average Bonchev–Trinajstić information content (AvgIpc) is 2.90. The van der Waals surface area contributed by atoms with E-state index in [9.17, 15) is 4.79 Å². The molecule has 1 N–H and O–H groups in total. The van der Waals surface area contributed by atoms with E-state index in [1.165, 1.54) is 4.88 Å². The maximum atomic E-state index is 11.9. The minimum absolute atomic E-state index is 0.266. The Balaban J connectivity index is 1.79. The Bertz CT molecular complexity index is 331. The Morgan fingerprint density at radius 1 is 1.69 bits per heavy atom. The molecular formula is C12H18N2OS. The predicted octanol–water partition coefficient (Wildman–Crippen LogP) is 1.71. The van der Waals surface area contributed by atoms with Crippen LogP contribution in [0.3, 0.4) is 0 Å². The first-order chi connectivity index (χ1) is 7.75. The molecular weight excluding hydrogens is 220 g/mol. The van der Waals surface area contributed by atoms with Crippen LogP contribution in [0.5, 0.6) is 0 Å². The van der Waals surface area contributed by atoms with Gasteiger partial charge in [0.2, 0.25) is 5.91 Å². The molecule has 88 valence electrons. The molecule has 1 amide bonds. The summed E-state index contributed by atoms with van der Waals surface area (Å²) >= 11 is 1.71. The fourth-order valence-corrected chi connectivity index (χ4v) is 2.77. The van der Waals surface area contributed by atoms with Gasteiger partial charge in [-0.3, -0.25) is 4.79 Å². The van der Waals surface area contributed by atoms with Crippen LogP contribution in [0, 0.1) is 5.92 Å². The molecule has 1 fully saturated rings. The third-order valence-electron chi connectivity index (χ3n) is 3.02. The molecule has 0 aliphatic carbocycles. The molecule has 1 aliphatic rings. The van der Waals surface area contributed by atoms with E-state index in [4.69, 9.17) is 0 Å². The van der Waals surface area contributed by atoms with Crippen LogP contribution >= 0.6 is 11.3 Å². The molecule has 2 rings (SSSR count). The van der Waals surface area contributed by atoms with Crippen molar-refractivity contribution in [1.82, 2.24) is 10.2 Å². The topological polar surface area (TPSA) is 32.3 Å². The third kappa shape index (κ3) is 3.06. The quantitative estimate of drug-likeness (QED) is 0.866. The van der Waals surface area contributed by atoms with Crippen molar-refractivity contribution in [3.63, 3.8) is 0 Å². The number of nitrogens with one attached hydrogen (secondary N) is 1. The highest BCUT2D eigenvalue weighted by Gasteiger charge is 2.20. The summed E-state index contributed by atoms with van der Waals surface area (Å²) < 4.78 is 0. The van der Waals surface area contributed by atoms with Gasteiger partial charge in [0.1, 0.15) is 0 Å². The zero-order valence-corrected chi connectivity index (χ0v) is 10.4. The molecule has 4 heteroatoms. The van der Waals surface area contributed by atoms with Crippen molar-refractivity contribution in [2.45, 2.75) is 19.4 Å². The summed E-state index contributed by atoms with van der Waals surface area (Å²) in [6.45, 7) is 2.81. The summed E-state index contributed by atoms with van der Waals surface area (Å²) in [4.78, 5) is 15.0. The van der Waals surface area contributed by atoms with E-state index < -0.39 is 0 Å². The first kappa shape index (κ1) is 11.6. The Morgan fingerprint density at radius 2 is 2.56 bits per heavy atom. The summed E-state index contributed by atoms with van der Waals surface area (Å²) in [6.07, 6.45) is 1.83. The highest BCUT2D eigenvalue weighted by molar-refractivity contribution is 7.09. The zero-order valence-electron chi connectivity index (χ0n) is 9.61. The van der Waals surface area contributed by atoms with Gasteiger partial charge in [0.05, 0.1) is 6.54 Å². The molecule has 1 atom stereocenters. The molecule has 3 nitrogen and oxygen atoms in total. The van der Waals surface area contributed by atoms with Crippen molar-refractivity contribution < 1.29 is 4.79 Å². The van der Waals surface area contributed by atoms with Gasteiger partial charge < -0.3 is 10.2 Å². The van der Waals surface area contributed by atoms with E-state index in [-0.39, 0.29) is 5.91 Å². The molecule has 1 saturated heterocycles. The van der Waals surface area contributed by atoms with Crippen molar-refractivity contribution in [1.29, 1.82) is 0 Å². The second-order valence-electron chi connectivity index (χ2n) is 4.39. The predicted molar refractivity (Wildman–Crippen MR) is 66.4 cm³/mol. The molecule has 0 aromatic carbocycles. The fourth-order valence-electron chi connectivity index (χ4n) is 2.02. The van der Waals surface area contributed by atoms with Crippen LogP contribution in [0.1, 0.15) is 17.7 Å². The lowest BCUT2D eigenvalue weighted by molar-refractivity contribution is -0.131. The van der Waals surface area contributed by atoms with Gasteiger partial charge in [-0.2, -0.15) is 0 Å². The number of thiophene rings is 1. The van der Waals surface area contributed by atoms with Gasteiger partial charge in [-0.05, 0) is 36.9 Å². The summed E-state index contributed by atoms with van der Waals surface area (Å²) in [5.41, 5.74) is 0. The van der Waals surface area contributed by atoms with Crippen LogP contribution in [0.4, 0.5) is 0 Å². The number of hydrogen-bond acceptors (Lipinski definition) is 3. The van der Waals surface area contributed by atoms with Gasteiger partial charge in [-0.15, -0.1) is 11.3 Å². The maximum Gasteiger partial charge on any atom is 0.222 e. The van der Waals surface area contributed by atoms with Gasteiger partial charge in [0.15, 0.2) is 0 Å². The van der Waals surface area contributed by atoms with Crippen LogP contribution < -0.4 is 5.32 Å².